The molecular weight excluding hydrogens is 454 g/mol. The highest BCUT2D eigenvalue weighted by Gasteiger charge is 2.20. The molecule has 0 aromatic rings. The molecule has 0 aliphatic carbocycles. The van der Waals surface area contributed by atoms with E-state index in [0.717, 1.165) is 45.1 Å². The van der Waals surface area contributed by atoms with E-state index in [-0.39, 0.29) is 11.8 Å². The van der Waals surface area contributed by atoms with E-state index in [9.17, 15) is 9.59 Å². The summed E-state index contributed by atoms with van der Waals surface area (Å²) in [6, 6.07) is 0. The highest BCUT2D eigenvalue weighted by atomic mass is 16.5. The third kappa shape index (κ3) is 24.4. The Morgan fingerprint density at radius 2 is 1.19 bits per heavy atom. The fourth-order valence-electron chi connectivity index (χ4n) is 3.66. The predicted molar refractivity (Wildman–Crippen MR) is 150 cm³/mol. The number of allylic oxidation sites excluding steroid dienone is 2. The van der Waals surface area contributed by atoms with Gasteiger partial charge in [-0.15, -0.1) is 0 Å². The number of carbonyl (C=O) groups excluding carboxylic acids is 2. The van der Waals surface area contributed by atoms with Crippen molar-refractivity contribution in [2.45, 2.75) is 129 Å². The van der Waals surface area contributed by atoms with Gasteiger partial charge in [0, 0.05) is 25.9 Å². The van der Waals surface area contributed by atoms with Crippen molar-refractivity contribution >= 4 is 11.8 Å². The van der Waals surface area contributed by atoms with Crippen molar-refractivity contribution < 1.29 is 19.1 Å². The summed E-state index contributed by atoms with van der Waals surface area (Å²) in [6.07, 6.45) is 19.3. The van der Waals surface area contributed by atoms with Gasteiger partial charge < -0.3 is 25.8 Å². The van der Waals surface area contributed by atoms with Gasteiger partial charge in [-0.25, -0.2) is 0 Å². The molecule has 0 spiro atoms. The number of ketones is 1. The largest absolute Gasteiger partial charge is 0.464 e. The Morgan fingerprint density at radius 3 is 1.72 bits per heavy atom. The van der Waals surface area contributed by atoms with Gasteiger partial charge in [-0.2, -0.15) is 0 Å². The minimum absolute atomic E-state index is 0.0985. The van der Waals surface area contributed by atoms with Crippen LogP contribution < -0.4 is 11.5 Å². The lowest BCUT2D eigenvalue weighted by Crippen LogP contribution is -2.41. The maximum Gasteiger partial charge on any atom is 0.305 e. The molecule has 0 fully saturated rings. The van der Waals surface area contributed by atoms with Gasteiger partial charge in [0.25, 0.3) is 0 Å². The van der Waals surface area contributed by atoms with Crippen LogP contribution in [-0.4, -0.2) is 61.3 Å². The molecule has 0 amide bonds. The zero-order valence-corrected chi connectivity index (χ0v) is 24.1. The molecular formula is C29H57N3O4. The van der Waals surface area contributed by atoms with Crippen LogP contribution in [0.25, 0.3) is 0 Å². The Hall–Kier alpha value is -1.28. The van der Waals surface area contributed by atoms with Crippen LogP contribution in [0.2, 0.25) is 0 Å². The van der Waals surface area contributed by atoms with Crippen molar-refractivity contribution in [1.29, 1.82) is 0 Å². The number of likely N-dealkylation sites (N-methyl/N-ethyl adjacent to an activating group) is 1. The molecule has 0 rings (SSSR count). The smallest absolute Gasteiger partial charge is 0.305 e. The Morgan fingerprint density at radius 1 is 0.722 bits per heavy atom. The summed E-state index contributed by atoms with van der Waals surface area (Å²) in [7, 11) is 1.98. The third-order valence-corrected chi connectivity index (χ3v) is 6.09. The van der Waals surface area contributed by atoms with E-state index in [1.807, 2.05) is 20.9 Å². The van der Waals surface area contributed by atoms with E-state index in [0.29, 0.717) is 32.6 Å². The summed E-state index contributed by atoms with van der Waals surface area (Å²) < 4.78 is 10.8. The second-order valence-corrected chi connectivity index (χ2v) is 11.2. The average molecular weight is 512 g/mol. The summed E-state index contributed by atoms with van der Waals surface area (Å²) >= 11 is 0. The highest BCUT2D eigenvalue weighted by Crippen LogP contribution is 2.12. The first-order valence-corrected chi connectivity index (χ1v) is 14.2. The monoisotopic (exact) mass is 511 g/mol. The van der Waals surface area contributed by atoms with Crippen LogP contribution in [0, 0.1) is 0 Å². The second kappa shape index (κ2) is 20.7. The van der Waals surface area contributed by atoms with Crippen LogP contribution in [0.3, 0.4) is 0 Å². The summed E-state index contributed by atoms with van der Waals surface area (Å²) in [5.41, 5.74) is 10.3. The number of carbonyl (C=O) groups is 2. The number of nitrogens with two attached hydrogens (primary N) is 2. The summed E-state index contributed by atoms with van der Waals surface area (Å²) in [4.78, 5) is 25.7. The molecule has 4 N–H and O–H groups in total. The number of ether oxygens (including phenoxy) is 2. The Kier molecular flexibility index (Phi) is 20.0. The Labute approximate surface area is 221 Å². The molecule has 0 unspecified atom stereocenters. The number of hydrogen-bond acceptors (Lipinski definition) is 7. The zero-order chi connectivity index (χ0) is 27.3. The van der Waals surface area contributed by atoms with Crippen molar-refractivity contribution in [1.82, 2.24) is 4.90 Å². The third-order valence-electron chi connectivity index (χ3n) is 6.09. The quantitative estimate of drug-likeness (QED) is 0.0762. The van der Waals surface area contributed by atoms with Gasteiger partial charge in [-0.3, -0.25) is 9.59 Å². The van der Waals surface area contributed by atoms with Gasteiger partial charge in [-0.1, -0.05) is 50.7 Å². The predicted octanol–water partition coefficient (Wildman–Crippen LogP) is 5.50. The van der Waals surface area contributed by atoms with Gasteiger partial charge in [0.1, 0.15) is 12.3 Å². The number of Topliss-reactive ketones (excluding diaryl/α,β-unsaturated/α-hetero) is 1. The maximum atomic E-state index is 11.9. The van der Waals surface area contributed by atoms with Crippen LogP contribution in [-0.2, 0) is 19.1 Å². The van der Waals surface area contributed by atoms with Crippen LogP contribution in [0.5, 0.6) is 0 Å². The first kappa shape index (κ1) is 34.7. The van der Waals surface area contributed by atoms with Crippen LogP contribution in [0.15, 0.2) is 12.2 Å². The summed E-state index contributed by atoms with van der Waals surface area (Å²) in [6.45, 7) is 9.66. The molecule has 0 aromatic carbocycles. The molecule has 0 atom stereocenters. The number of esters is 1. The lowest BCUT2D eigenvalue weighted by molar-refractivity contribution is -0.144. The van der Waals surface area contributed by atoms with Gasteiger partial charge in [0.2, 0.25) is 0 Å². The van der Waals surface area contributed by atoms with Gasteiger partial charge in [0.05, 0.1) is 12.1 Å². The van der Waals surface area contributed by atoms with E-state index in [2.05, 4.69) is 17.1 Å². The van der Waals surface area contributed by atoms with Crippen molar-refractivity contribution in [2.75, 3.05) is 33.4 Å². The number of unbranched alkanes of at least 4 members (excludes halogenated alkanes) is 10. The Bertz CT molecular complexity index is 594. The van der Waals surface area contributed by atoms with Gasteiger partial charge in [0.15, 0.2) is 5.78 Å². The summed E-state index contributed by atoms with van der Waals surface area (Å²) in [5.74, 6) is 0.0663. The molecule has 0 aliphatic rings. The number of rotatable bonds is 24. The van der Waals surface area contributed by atoms with Crippen LogP contribution >= 0.6 is 0 Å². The maximum absolute atomic E-state index is 11.9. The van der Waals surface area contributed by atoms with Crippen molar-refractivity contribution in [3.8, 4) is 0 Å². The molecule has 0 saturated carbocycles. The second-order valence-electron chi connectivity index (χ2n) is 11.2. The normalized spacial score (nSPS) is 12.6. The van der Waals surface area contributed by atoms with Crippen molar-refractivity contribution in [2.24, 2.45) is 11.5 Å². The van der Waals surface area contributed by atoms with Crippen molar-refractivity contribution in [3.05, 3.63) is 12.2 Å². The fraction of sp³-hybridized carbons (Fsp3) is 0.862. The molecule has 212 valence electrons. The molecule has 7 heteroatoms. The van der Waals surface area contributed by atoms with E-state index < -0.39 is 11.3 Å². The first-order valence-electron chi connectivity index (χ1n) is 14.2. The minimum atomic E-state index is -0.684. The fourth-order valence-corrected chi connectivity index (χ4v) is 3.66. The highest BCUT2D eigenvalue weighted by molar-refractivity contribution is 5.87. The lowest BCUT2D eigenvalue weighted by Gasteiger charge is -2.22. The first-order chi connectivity index (χ1) is 16.9. The molecule has 0 heterocycles. The standard InChI is InChI=1S/C29H57N3O4/c1-28(2,30)26(33)20-18-16-14-12-10-8-6-7-9-11-13-15-17-19-21-27(34)35-24-22-32(5)23-25-36-29(3,4)31/h6-7H,8-25,30-31H2,1-5H3. The van der Waals surface area contributed by atoms with Crippen molar-refractivity contribution in [3.63, 3.8) is 0 Å². The minimum Gasteiger partial charge on any atom is -0.464 e. The van der Waals surface area contributed by atoms with Gasteiger partial charge in [-0.05, 0) is 73.3 Å². The van der Waals surface area contributed by atoms with E-state index >= 15 is 0 Å². The van der Waals surface area contributed by atoms with Crippen LogP contribution in [0.4, 0.5) is 0 Å². The molecule has 36 heavy (non-hydrogen) atoms. The summed E-state index contributed by atoms with van der Waals surface area (Å²) in [5, 5.41) is 0. The van der Waals surface area contributed by atoms with E-state index in [4.69, 9.17) is 20.9 Å². The van der Waals surface area contributed by atoms with E-state index in [1.54, 1.807) is 13.8 Å². The molecule has 0 saturated heterocycles. The number of hydrogen-bond donors (Lipinski definition) is 2. The molecule has 0 bridgehead atoms. The van der Waals surface area contributed by atoms with Gasteiger partial charge >= 0.3 is 5.97 Å². The SMILES string of the molecule is CN(CCOC(=O)CCCCCCCC=CCCCCCCCC(=O)C(C)(C)N)CCOC(C)(C)N. The average Bonchev–Trinajstić information content (AvgIpc) is 2.77. The zero-order valence-electron chi connectivity index (χ0n) is 24.1. The molecule has 7 nitrogen and oxygen atoms in total. The molecule has 0 aromatic heterocycles. The van der Waals surface area contributed by atoms with Crippen LogP contribution in [0.1, 0.15) is 118 Å². The Balaban J connectivity index is 3.41. The van der Waals surface area contributed by atoms with E-state index in [1.165, 1.54) is 38.5 Å². The number of nitrogens with zero attached hydrogens (tertiary/aromatic N) is 1. The molecule has 0 aliphatic heterocycles. The molecule has 0 radical (unpaired) electrons. The topological polar surface area (TPSA) is 108 Å². The lowest BCUT2D eigenvalue weighted by atomic mass is 9.95.